The van der Waals surface area contributed by atoms with Crippen molar-refractivity contribution in [2.75, 3.05) is 93.6 Å². The second kappa shape index (κ2) is 17.8. The fourth-order valence-corrected chi connectivity index (χ4v) is 10.0. The summed E-state index contributed by atoms with van der Waals surface area (Å²) in [5, 5.41) is 13.5. The number of halogens is 1. The number of anilines is 6. The minimum Gasteiger partial charge on any atom is -0.494 e. The summed E-state index contributed by atoms with van der Waals surface area (Å²) in [5.41, 5.74) is 4.97. The van der Waals surface area contributed by atoms with Gasteiger partial charge in [-0.15, -0.1) is 0 Å². The van der Waals surface area contributed by atoms with Crippen molar-refractivity contribution in [2.45, 2.75) is 44.3 Å². The number of imide groups is 1. The number of piperazine rings is 1. The molecule has 3 amide bonds. The van der Waals surface area contributed by atoms with E-state index in [9.17, 15) is 18.9 Å². The third kappa shape index (κ3) is 9.09. The number of aromatic nitrogens is 2. The van der Waals surface area contributed by atoms with Crippen LogP contribution in [0.25, 0.3) is 0 Å². The average Bonchev–Trinajstić information content (AvgIpc) is 3.58. The number of carbonyl (C=O) groups is 3. The van der Waals surface area contributed by atoms with Crippen molar-refractivity contribution in [1.29, 1.82) is 0 Å². The van der Waals surface area contributed by atoms with Crippen LogP contribution in [0.5, 0.6) is 5.75 Å². The normalized spacial score (nSPS) is 19.3. The largest absolute Gasteiger partial charge is 0.494 e. The number of carbonyl (C=O) groups excluding carboxylic acids is 3. The molecule has 4 aromatic rings. The number of rotatable bonds is 13. The topological polar surface area (TPSA) is 164 Å². The van der Waals surface area contributed by atoms with Gasteiger partial charge in [0.25, 0.3) is 5.91 Å². The Bertz CT molecular complexity index is 2310. The lowest BCUT2D eigenvalue weighted by atomic mass is 10.0. The Morgan fingerprint density at radius 2 is 1.67 bits per heavy atom. The predicted molar refractivity (Wildman–Crippen MR) is 236 cm³/mol. The Hall–Kier alpha value is -5.21. The highest BCUT2D eigenvalue weighted by molar-refractivity contribution is 7.70. The summed E-state index contributed by atoms with van der Waals surface area (Å²) < 4.78 is 18.7. The quantitative estimate of drug-likeness (QED) is 0.101. The second-order valence-corrected chi connectivity index (χ2v) is 19.7. The van der Waals surface area contributed by atoms with E-state index in [1.54, 1.807) is 25.3 Å². The van der Waals surface area contributed by atoms with Crippen LogP contribution < -0.4 is 36.2 Å². The van der Waals surface area contributed by atoms with Crippen molar-refractivity contribution in [2.24, 2.45) is 0 Å². The number of ether oxygens (including phenoxy) is 1. The van der Waals surface area contributed by atoms with Gasteiger partial charge in [0.1, 0.15) is 24.0 Å². The van der Waals surface area contributed by atoms with Crippen LogP contribution in [0, 0.1) is 0 Å². The maximum atomic E-state index is 13.2. The number of fused-ring (bicyclic) bond motifs is 1. The van der Waals surface area contributed by atoms with Crippen LogP contribution in [0.1, 0.15) is 41.6 Å². The summed E-state index contributed by atoms with van der Waals surface area (Å²) in [5.74, 6) is 0.587. The Morgan fingerprint density at radius 3 is 2.42 bits per heavy atom. The van der Waals surface area contributed by atoms with Gasteiger partial charge in [-0.25, -0.2) is 4.98 Å². The molecule has 0 radical (unpaired) electrons. The summed E-state index contributed by atoms with van der Waals surface area (Å²) in [6.45, 7) is 11.5. The predicted octanol–water partition coefficient (Wildman–Crippen LogP) is 5.33. The van der Waals surface area contributed by atoms with Crippen molar-refractivity contribution < 1.29 is 23.7 Å². The van der Waals surface area contributed by atoms with Gasteiger partial charge in [-0.3, -0.25) is 29.5 Å². The van der Waals surface area contributed by atoms with E-state index < -0.39 is 19.1 Å². The van der Waals surface area contributed by atoms with E-state index in [-0.39, 0.29) is 18.2 Å². The lowest BCUT2D eigenvalue weighted by Gasteiger charge is -2.43. The first kappa shape index (κ1) is 41.5. The van der Waals surface area contributed by atoms with Gasteiger partial charge in [-0.05, 0) is 69.0 Å². The van der Waals surface area contributed by atoms with E-state index in [4.69, 9.17) is 16.3 Å². The van der Waals surface area contributed by atoms with Crippen LogP contribution in [0.15, 0.2) is 66.9 Å². The van der Waals surface area contributed by atoms with E-state index in [1.807, 2.05) is 48.5 Å². The zero-order valence-corrected chi connectivity index (χ0v) is 35.9. The number of hydrogen-bond donors (Lipinski definition) is 4. The van der Waals surface area contributed by atoms with Crippen molar-refractivity contribution in [3.05, 3.63) is 83.0 Å². The maximum absolute atomic E-state index is 13.2. The molecule has 5 heterocycles. The lowest BCUT2D eigenvalue weighted by molar-refractivity contribution is -0.136. The number of nitrogens with zero attached hydrogens (tertiary/aromatic N) is 6. The number of hydrogen-bond acceptors (Lipinski definition) is 13. The molecule has 4 aliphatic heterocycles. The van der Waals surface area contributed by atoms with Crippen molar-refractivity contribution in [1.82, 2.24) is 30.0 Å². The first-order chi connectivity index (χ1) is 28.9. The number of para-hydroxylation sites is 1. The molecule has 4 N–H and O–H groups in total. The van der Waals surface area contributed by atoms with Crippen LogP contribution in [-0.2, 0) is 20.7 Å². The van der Waals surface area contributed by atoms with Crippen molar-refractivity contribution in [3.63, 3.8) is 0 Å². The van der Waals surface area contributed by atoms with Gasteiger partial charge >= 0.3 is 0 Å². The third-order valence-electron chi connectivity index (χ3n) is 12.0. The Morgan fingerprint density at radius 1 is 0.900 bits per heavy atom. The average molecular weight is 855 g/mol. The molecule has 1 atom stereocenters. The molecule has 8 rings (SSSR count). The summed E-state index contributed by atoms with van der Waals surface area (Å²) in [6.07, 6.45) is 4.29. The Kier molecular flexibility index (Phi) is 12.3. The van der Waals surface area contributed by atoms with E-state index >= 15 is 0 Å². The summed E-state index contributed by atoms with van der Waals surface area (Å²) in [4.78, 5) is 55.6. The Balaban J connectivity index is 0.799. The summed E-state index contributed by atoms with van der Waals surface area (Å²) >= 11 is 6.48. The molecule has 0 spiro atoms. The Labute approximate surface area is 355 Å². The smallest absolute Gasteiger partial charge is 0.255 e. The number of benzene rings is 3. The fourth-order valence-electron chi connectivity index (χ4n) is 8.73. The van der Waals surface area contributed by atoms with Gasteiger partial charge in [-0.1, -0.05) is 29.8 Å². The number of methoxy groups -OCH3 is 1. The molecular formula is C43H52ClN10O5P. The summed E-state index contributed by atoms with van der Waals surface area (Å²) in [7, 11) is -0.894. The molecule has 1 unspecified atom stereocenters. The van der Waals surface area contributed by atoms with Crippen LogP contribution >= 0.6 is 18.7 Å². The van der Waals surface area contributed by atoms with Crippen LogP contribution in [0.2, 0.25) is 5.02 Å². The monoisotopic (exact) mass is 854 g/mol. The number of piperidine rings is 2. The van der Waals surface area contributed by atoms with Gasteiger partial charge in [-0.2, -0.15) is 4.98 Å². The molecular weight excluding hydrogens is 803 g/mol. The van der Waals surface area contributed by atoms with E-state index in [2.05, 4.69) is 58.1 Å². The highest BCUT2D eigenvalue weighted by atomic mass is 35.5. The maximum Gasteiger partial charge on any atom is 0.255 e. The molecule has 3 saturated heterocycles. The van der Waals surface area contributed by atoms with E-state index in [0.717, 1.165) is 93.1 Å². The molecule has 4 aliphatic rings. The molecule has 3 fully saturated rings. The SMILES string of the molecule is COc1cc(N2CCC(N3CCN(CCNc4cccc5c4CN(C4CCC(=O)NC4=O)C5=O)CC3)CC2)ccc1Nc1ncc(Cl)c(Nc2ccccc2P(C)(C)=O)n1. The first-order valence-electron chi connectivity index (χ1n) is 20.6. The molecule has 0 bridgehead atoms. The van der Waals surface area contributed by atoms with Gasteiger partial charge in [0.05, 0.1) is 24.7 Å². The van der Waals surface area contributed by atoms with Crippen LogP contribution in [-0.4, -0.2) is 127 Å². The van der Waals surface area contributed by atoms with Crippen molar-refractivity contribution >= 4 is 76.3 Å². The molecule has 3 aromatic carbocycles. The summed E-state index contributed by atoms with van der Waals surface area (Å²) in [6, 6.07) is 19.2. The molecule has 60 heavy (non-hydrogen) atoms. The van der Waals surface area contributed by atoms with Crippen LogP contribution in [0.3, 0.4) is 0 Å². The third-order valence-corrected chi connectivity index (χ3v) is 13.8. The first-order valence-corrected chi connectivity index (χ1v) is 23.5. The molecule has 17 heteroatoms. The van der Waals surface area contributed by atoms with Gasteiger partial charge in [0.15, 0.2) is 5.82 Å². The zero-order chi connectivity index (χ0) is 42.0. The second-order valence-electron chi connectivity index (χ2n) is 16.1. The zero-order valence-electron chi connectivity index (χ0n) is 34.2. The lowest BCUT2D eigenvalue weighted by Crippen LogP contribution is -2.53. The van der Waals surface area contributed by atoms with E-state index in [0.29, 0.717) is 52.8 Å². The molecule has 0 aliphatic carbocycles. The van der Waals surface area contributed by atoms with Gasteiger partial charge in [0, 0.05) is 105 Å². The highest BCUT2D eigenvalue weighted by Gasteiger charge is 2.40. The minimum absolute atomic E-state index is 0.157. The molecule has 1 aromatic heterocycles. The molecule has 15 nitrogen and oxygen atoms in total. The fraction of sp³-hybridized carbons (Fsp3) is 0.419. The highest BCUT2D eigenvalue weighted by Crippen LogP contribution is 2.39. The van der Waals surface area contributed by atoms with Gasteiger partial charge < -0.3 is 35.1 Å². The molecule has 316 valence electrons. The van der Waals surface area contributed by atoms with E-state index in [1.165, 1.54) is 6.20 Å². The van der Waals surface area contributed by atoms with Crippen molar-refractivity contribution in [3.8, 4) is 5.75 Å². The van der Waals surface area contributed by atoms with Crippen LogP contribution in [0.4, 0.5) is 34.5 Å². The number of amides is 3. The van der Waals surface area contributed by atoms with Gasteiger partial charge in [0.2, 0.25) is 17.8 Å². The minimum atomic E-state index is -2.55. The number of nitrogens with one attached hydrogen (secondary N) is 4. The standard InChI is InChI=1S/C43H52ClN10O5P/c1-59-37-25-29(11-12-34(37)48-43-46-26-32(44)40(50-43)47-35-8-4-5-10-38(35)60(2,3)58)52-18-15-28(16-19-52)53-23-21-51(22-24-53)20-17-45-33-9-6-7-30-31(33)27-54(42(30)57)36-13-14-39(55)49-41(36)56/h4-12,25-26,28,36,45H,13-24,27H2,1-3H3,(H,49,55,56)(H2,46,47,48,50). The molecule has 0 saturated carbocycles.